The molecule has 1 N–H and O–H groups in total. The van der Waals surface area contributed by atoms with Gasteiger partial charge < -0.3 is 19.2 Å². The van der Waals surface area contributed by atoms with E-state index in [4.69, 9.17) is 25.5 Å². The van der Waals surface area contributed by atoms with Crippen molar-refractivity contribution in [2.75, 3.05) is 39.5 Å². The van der Waals surface area contributed by atoms with Crippen LogP contribution in [-0.4, -0.2) is 50.3 Å². The summed E-state index contributed by atoms with van der Waals surface area (Å²) in [6.07, 6.45) is 0. The maximum absolute atomic E-state index is 12.2. The molecule has 1 amide bonds. The molecule has 7 heteroatoms. The first-order valence-electron chi connectivity index (χ1n) is 8.65. The standard InChI is InChI=1S/C19H23ClN2O4/c1-14-6-7-18(26-14)16(22-8-10-24-11-9-22)12-21-19(23)13-25-17-5-3-2-4-15(17)20/h2-7,16H,8-13H2,1H3,(H,21,23)/t16-/m0/s1. The van der Waals surface area contributed by atoms with Crippen molar-refractivity contribution in [2.24, 2.45) is 0 Å². The Kier molecular flexibility index (Phi) is 6.55. The fraction of sp³-hybridized carbons (Fsp3) is 0.421. The Morgan fingerprint density at radius 2 is 2.04 bits per heavy atom. The van der Waals surface area contributed by atoms with Crippen LogP contribution in [0.25, 0.3) is 0 Å². The van der Waals surface area contributed by atoms with Gasteiger partial charge in [0.05, 0.1) is 24.3 Å². The van der Waals surface area contributed by atoms with Gasteiger partial charge in [-0.1, -0.05) is 23.7 Å². The molecular weight excluding hydrogens is 356 g/mol. The van der Waals surface area contributed by atoms with Crippen molar-refractivity contribution in [3.05, 3.63) is 52.9 Å². The molecule has 140 valence electrons. The van der Waals surface area contributed by atoms with Crippen molar-refractivity contribution in [2.45, 2.75) is 13.0 Å². The minimum Gasteiger partial charge on any atom is -0.482 e. The molecule has 1 saturated heterocycles. The summed E-state index contributed by atoms with van der Waals surface area (Å²) in [7, 11) is 0. The van der Waals surface area contributed by atoms with E-state index in [1.54, 1.807) is 12.1 Å². The molecule has 0 radical (unpaired) electrons. The lowest BCUT2D eigenvalue weighted by molar-refractivity contribution is -0.123. The highest BCUT2D eigenvalue weighted by Crippen LogP contribution is 2.24. The summed E-state index contributed by atoms with van der Waals surface area (Å²) >= 11 is 6.03. The highest BCUT2D eigenvalue weighted by Gasteiger charge is 2.25. The lowest BCUT2D eigenvalue weighted by Crippen LogP contribution is -2.44. The van der Waals surface area contributed by atoms with E-state index in [1.165, 1.54) is 0 Å². The molecule has 0 bridgehead atoms. The summed E-state index contributed by atoms with van der Waals surface area (Å²) in [6.45, 7) is 5.23. The van der Waals surface area contributed by atoms with Crippen LogP contribution < -0.4 is 10.1 Å². The summed E-state index contributed by atoms with van der Waals surface area (Å²) in [5, 5.41) is 3.41. The second kappa shape index (κ2) is 9.07. The van der Waals surface area contributed by atoms with Crippen molar-refractivity contribution >= 4 is 17.5 Å². The fourth-order valence-electron chi connectivity index (χ4n) is 2.90. The molecule has 1 atom stereocenters. The monoisotopic (exact) mass is 378 g/mol. The third-order valence-corrected chi connectivity index (χ3v) is 4.58. The van der Waals surface area contributed by atoms with Gasteiger partial charge in [0.15, 0.2) is 6.61 Å². The minimum absolute atomic E-state index is 0.0307. The highest BCUT2D eigenvalue weighted by atomic mass is 35.5. The van der Waals surface area contributed by atoms with Gasteiger partial charge in [-0.25, -0.2) is 0 Å². The number of furan rings is 1. The second-order valence-corrected chi connectivity index (χ2v) is 6.54. The van der Waals surface area contributed by atoms with Crippen molar-refractivity contribution < 1.29 is 18.7 Å². The number of amides is 1. The molecule has 2 heterocycles. The van der Waals surface area contributed by atoms with E-state index in [9.17, 15) is 4.79 Å². The van der Waals surface area contributed by atoms with Crippen molar-refractivity contribution in [3.8, 4) is 5.75 Å². The maximum Gasteiger partial charge on any atom is 0.258 e. The van der Waals surface area contributed by atoms with Crippen LogP contribution in [0.2, 0.25) is 5.02 Å². The van der Waals surface area contributed by atoms with Crippen LogP contribution in [0.3, 0.4) is 0 Å². The van der Waals surface area contributed by atoms with Crippen LogP contribution in [0.1, 0.15) is 17.6 Å². The molecule has 0 unspecified atom stereocenters. The SMILES string of the molecule is Cc1ccc([C@H](CNC(=O)COc2ccccc2Cl)N2CCOCC2)o1. The number of nitrogens with one attached hydrogen (secondary N) is 1. The molecule has 6 nitrogen and oxygen atoms in total. The Morgan fingerprint density at radius 1 is 1.27 bits per heavy atom. The molecule has 0 spiro atoms. The largest absolute Gasteiger partial charge is 0.482 e. The first-order valence-corrected chi connectivity index (χ1v) is 9.03. The average molecular weight is 379 g/mol. The minimum atomic E-state index is -0.202. The zero-order valence-corrected chi connectivity index (χ0v) is 15.5. The second-order valence-electron chi connectivity index (χ2n) is 6.14. The van der Waals surface area contributed by atoms with Crippen LogP contribution in [-0.2, 0) is 9.53 Å². The predicted octanol–water partition coefficient (Wildman–Crippen LogP) is 2.81. The Balaban J connectivity index is 1.56. The fourth-order valence-corrected chi connectivity index (χ4v) is 3.09. The molecule has 2 aromatic rings. The highest BCUT2D eigenvalue weighted by molar-refractivity contribution is 6.32. The lowest BCUT2D eigenvalue weighted by atomic mass is 10.1. The van der Waals surface area contributed by atoms with Crippen LogP contribution in [0, 0.1) is 6.92 Å². The van der Waals surface area contributed by atoms with Crippen LogP contribution in [0.5, 0.6) is 5.75 Å². The van der Waals surface area contributed by atoms with Crippen molar-refractivity contribution in [1.82, 2.24) is 10.2 Å². The van der Waals surface area contributed by atoms with E-state index in [1.807, 2.05) is 31.2 Å². The van der Waals surface area contributed by atoms with Gasteiger partial charge in [-0.3, -0.25) is 9.69 Å². The van der Waals surface area contributed by atoms with Gasteiger partial charge in [0.25, 0.3) is 5.91 Å². The molecule has 1 aromatic carbocycles. The summed E-state index contributed by atoms with van der Waals surface area (Å²) in [5.74, 6) is 1.99. The number of morpholine rings is 1. The third kappa shape index (κ3) is 5.00. The van der Waals surface area contributed by atoms with Crippen molar-refractivity contribution in [1.29, 1.82) is 0 Å². The van der Waals surface area contributed by atoms with Crippen LogP contribution in [0.15, 0.2) is 40.8 Å². The Hall–Kier alpha value is -2.02. The van der Waals surface area contributed by atoms with E-state index in [0.29, 0.717) is 30.5 Å². The topological polar surface area (TPSA) is 63.9 Å². The van der Waals surface area contributed by atoms with Gasteiger partial charge in [0, 0.05) is 19.6 Å². The van der Waals surface area contributed by atoms with E-state index in [-0.39, 0.29) is 18.6 Å². The first kappa shape index (κ1) is 18.8. The quantitative estimate of drug-likeness (QED) is 0.802. The molecule has 1 aliphatic rings. The first-order chi connectivity index (χ1) is 12.6. The number of rotatable bonds is 7. The molecule has 0 aliphatic carbocycles. The predicted molar refractivity (Wildman–Crippen MR) is 98.5 cm³/mol. The van der Waals surface area contributed by atoms with Crippen LogP contribution >= 0.6 is 11.6 Å². The number of nitrogens with zero attached hydrogens (tertiary/aromatic N) is 1. The molecule has 26 heavy (non-hydrogen) atoms. The molecule has 1 fully saturated rings. The molecule has 1 aromatic heterocycles. The van der Waals surface area contributed by atoms with Crippen molar-refractivity contribution in [3.63, 3.8) is 0 Å². The molecule has 1 aliphatic heterocycles. The number of carbonyl (C=O) groups is 1. The molecular formula is C19H23ClN2O4. The number of carbonyl (C=O) groups excluding carboxylic acids is 1. The number of hydrogen-bond donors (Lipinski definition) is 1. The van der Waals surface area contributed by atoms with E-state index in [2.05, 4.69) is 10.2 Å². The Labute approximate surface area is 158 Å². The van der Waals surface area contributed by atoms with Gasteiger partial charge >= 0.3 is 0 Å². The zero-order chi connectivity index (χ0) is 18.4. The van der Waals surface area contributed by atoms with Gasteiger partial charge in [0.1, 0.15) is 17.3 Å². The number of benzene rings is 1. The summed E-state index contributed by atoms with van der Waals surface area (Å²) < 4.78 is 16.7. The number of hydrogen-bond acceptors (Lipinski definition) is 5. The van der Waals surface area contributed by atoms with Gasteiger partial charge in [0.2, 0.25) is 0 Å². The van der Waals surface area contributed by atoms with E-state index >= 15 is 0 Å². The van der Waals surface area contributed by atoms with Gasteiger partial charge in [-0.15, -0.1) is 0 Å². The number of para-hydroxylation sites is 1. The zero-order valence-electron chi connectivity index (χ0n) is 14.7. The number of halogens is 1. The lowest BCUT2D eigenvalue weighted by Gasteiger charge is -2.33. The molecule has 3 rings (SSSR count). The number of aryl methyl sites for hydroxylation is 1. The van der Waals surface area contributed by atoms with Crippen LogP contribution in [0.4, 0.5) is 0 Å². The van der Waals surface area contributed by atoms with Gasteiger partial charge in [-0.2, -0.15) is 0 Å². The smallest absolute Gasteiger partial charge is 0.258 e. The van der Waals surface area contributed by atoms with E-state index < -0.39 is 0 Å². The maximum atomic E-state index is 12.2. The number of ether oxygens (including phenoxy) is 2. The average Bonchev–Trinajstić information content (AvgIpc) is 3.08. The summed E-state index contributed by atoms with van der Waals surface area (Å²) in [4.78, 5) is 14.5. The molecule has 0 saturated carbocycles. The normalized spacial score (nSPS) is 16.2. The Bertz CT molecular complexity index is 728. The third-order valence-electron chi connectivity index (χ3n) is 4.26. The van der Waals surface area contributed by atoms with Gasteiger partial charge in [-0.05, 0) is 31.2 Å². The summed E-state index contributed by atoms with van der Waals surface area (Å²) in [5.41, 5.74) is 0. The summed E-state index contributed by atoms with van der Waals surface area (Å²) in [6, 6.07) is 10.9. The Morgan fingerprint density at radius 3 is 2.73 bits per heavy atom. The van der Waals surface area contributed by atoms with E-state index in [0.717, 1.165) is 24.6 Å².